The van der Waals surface area contributed by atoms with Crippen molar-refractivity contribution in [2.75, 3.05) is 11.5 Å². The molecule has 1 aliphatic heterocycles. The highest BCUT2D eigenvalue weighted by Gasteiger charge is 2.59. The van der Waals surface area contributed by atoms with E-state index >= 15 is 0 Å². The Kier molecular flexibility index (Phi) is 5.14. The minimum absolute atomic E-state index is 0.0460. The van der Waals surface area contributed by atoms with E-state index in [0.29, 0.717) is 17.1 Å². The number of rotatable bonds is 3. The number of alkyl halides is 3. The second-order valence-corrected chi connectivity index (χ2v) is 7.02. The minimum atomic E-state index is -4.44. The number of esters is 1. The van der Waals surface area contributed by atoms with Crippen molar-refractivity contribution in [2.24, 2.45) is 0 Å². The van der Waals surface area contributed by atoms with Crippen LogP contribution in [0.4, 0.5) is 13.2 Å². The largest absolute Gasteiger partial charge is 0.442 e. The summed E-state index contributed by atoms with van der Waals surface area (Å²) in [6.07, 6.45) is -4.40. The van der Waals surface area contributed by atoms with Crippen molar-refractivity contribution in [3.63, 3.8) is 0 Å². The Bertz CT molecular complexity index is 493. The number of ether oxygens (including phenoxy) is 1. The van der Waals surface area contributed by atoms with E-state index in [9.17, 15) is 18.0 Å². The molecule has 7 heteroatoms. The summed E-state index contributed by atoms with van der Waals surface area (Å²) in [6.45, 7) is 1.57. The highest BCUT2D eigenvalue weighted by molar-refractivity contribution is 8.07. The van der Waals surface area contributed by atoms with Crippen molar-refractivity contribution in [3.8, 4) is 0 Å². The van der Waals surface area contributed by atoms with Crippen molar-refractivity contribution >= 4 is 29.5 Å². The number of carbonyl (C=O) groups excluding carboxylic acids is 1. The van der Waals surface area contributed by atoms with Crippen LogP contribution in [0.25, 0.3) is 0 Å². The Balaban J connectivity index is 2.50. The second kappa shape index (κ2) is 6.52. The summed E-state index contributed by atoms with van der Waals surface area (Å²) in [7, 11) is 0. The Morgan fingerprint density at radius 1 is 1.33 bits per heavy atom. The predicted molar refractivity (Wildman–Crippen MR) is 79.3 cm³/mol. The molecule has 1 fully saturated rings. The zero-order valence-corrected chi connectivity index (χ0v) is 13.0. The average Bonchev–Trinajstić information content (AvgIpc) is 2.47. The zero-order valence-electron chi connectivity index (χ0n) is 11.4. The Morgan fingerprint density at radius 2 is 2.00 bits per heavy atom. The molecule has 2 atom stereocenters. The van der Waals surface area contributed by atoms with Crippen molar-refractivity contribution in [1.82, 2.24) is 0 Å². The van der Waals surface area contributed by atoms with Crippen molar-refractivity contribution in [3.05, 3.63) is 35.9 Å². The Hall–Kier alpha value is -0.820. The molecule has 0 aromatic heterocycles. The standard InChI is InChI=1S/C14H15F3O2S2/c1-2-11(18)19-13(10-6-4-3-5-7-10)12(14(15,16)17)20-8-9-21-13/h3-7,12H,2,8-9H2,1H3. The molecule has 1 saturated heterocycles. The van der Waals surface area contributed by atoms with Gasteiger partial charge in [0.1, 0.15) is 0 Å². The summed E-state index contributed by atoms with van der Waals surface area (Å²) in [5, 5.41) is -1.76. The van der Waals surface area contributed by atoms with E-state index in [-0.39, 0.29) is 6.42 Å². The third-order valence-electron chi connectivity index (χ3n) is 3.06. The Labute approximate surface area is 129 Å². The summed E-state index contributed by atoms with van der Waals surface area (Å²) in [5.41, 5.74) is 0.381. The first-order chi connectivity index (χ1) is 9.90. The normalized spacial score (nSPS) is 26.4. The molecule has 0 spiro atoms. The molecule has 0 bridgehead atoms. The van der Waals surface area contributed by atoms with Gasteiger partial charge in [-0.15, -0.1) is 23.5 Å². The van der Waals surface area contributed by atoms with Gasteiger partial charge in [-0.2, -0.15) is 13.2 Å². The maximum absolute atomic E-state index is 13.5. The molecule has 0 N–H and O–H groups in total. The third kappa shape index (κ3) is 3.51. The fourth-order valence-corrected chi connectivity index (χ4v) is 5.14. The maximum atomic E-state index is 13.5. The number of benzene rings is 1. The molecule has 1 aromatic carbocycles. The molecule has 116 valence electrons. The fraction of sp³-hybridized carbons (Fsp3) is 0.500. The molecule has 1 aromatic rings. The number of hydrogen-bond donors (Lipinski definition) is 0. The molecular formula is C14H15F3O2S2. The number of thioether (sulfide) groups is 2. The molecule has 1 aliphatic rings. The topological polar surface area (TPSA) is 26.3 Å². The molecule has 2 unspecified atom stereocenters. The van der Waals surface area contributed by atoms with Gasteiger partial charge in [0.2, 0.25) is 4.93 Å². The monoisotopic (exact) mass is 336 g/mol. The fourth-order valence-electron chi connectivity index (χ4n) is 2.14. The van der Waals surface area contributed by atoms with Crippen LogP contribution in [0.3, 0.4) is 0 Å². The first-order valence-corrected chi connectivity index (χ1v) is 8.53. The van der Waals surface area contributed by atoms with Crippen LogP contribution >= 0.6 is 23.5 Å². The molecule has 1 heterocycles. The van der Waals surface area contributed by atoms with E-state index in [1.54, 1.807) is 37.3 Å². The van der Waals surface area contributed by atoms with Gasteiger partial charge in [0.15, 0.2) is 5.25 Å². The van der Waals surface area contributed by atoms with Gasteiger partial charge in [0, 0.05) is 23.5 Å². The molecule has 0 amide bonds. The molecule has 21 heavy (non-hydrogen) atoms. The van der Waals surface area contributed by atoms with Gasteiger partial charge >= 0.3 is 12.1 Å². The third-order valence-corrected chi connectivity index (χ3v) is 6.23. The van der Waals surface area contributed by atoms with Crippen molar-refractivity contribution in [1.29, 1.82) is 0 Å². The average molecular weight is 336 g/mol. The molecular weight excluding hydrogens is 321 g/mol. The van der Waals surface area contributed by atoms with Crippen LogP contribution in [0.15, 0.2) is 30.3 Å². The van der Waals surface area contributed by atoms with Crippen LogP contribution in [0.1, 0.15) is 18.9 Å². The lowest BCUT2D eigenvalue weighted by Gasteiger charge is -2.43. The number of halogens is 3. The van der Waals surface area contributed by atoms with Crippen molar-refractivity contribution in [2.45, 2.75) is 29.7 Å². The quantitative estimate of drug-likeness (QED) is 0.773. The van der Waals surface area contributed by atoms with Gasteiger partial charge in [0.05, 0.1) is 0 Å². The minimum Gasteiger partial charge on any atom is -0.442 e. The van der Waals surface area contributed by atoms with Crippen LogP contribution in [-0.4, -0.2) is 28.9 Å². The highest BCUT2D eigenvalue weighted by Crippen LogP contribution is 2.54. The van der Waals surface area contributed by atoms with Crippen LogP contribution in [0, 0.1) is 0 Å². The number of carbonyl (C=O) groups is 1. The summed E-state index contributed by atoms with van der Waals surface area (Å²) < 4.78 is 45.7. The van der Waals surface area contributed by atoms with Crippen LogP contribution in [0.5, 0.6) is 0 Å². The molecule has 2 rings (SSSR count). The molecule has 0 saturated carbocycles. The second-order valence-electron chi connectivity index (χ2n) is 4.50. The van der Waals surface area contributed by atoms with Crippen molar-refractivity contribution < 1.29 is 22.7 Å². The molecule has 0 radical (unpaired) electrons. The smallest absolute Gasteiger partial charge is 0.405 e. The SMILES string of the molecule is CCC(=O)OC1(c2ccccc2)SCCSC1C(F)(F)F. The lowest BCUT2D eigenvalue weighted by Crippen LogP contribution is -2.49. The zero-order chi connectivity index (χ0) is 15.5. The summed E-state index contributed by atoms with van der Waals surface area (Å²) in [6, 6.07) is 8.21. The summed E-state index contributed by atoms with van der Waals surface area (Å²) >= 11 is 1.86. The van der Waals surface area contributed by atoms with E-state index in [1.165, 1.54) is 0 Å². The lowest BCUT2D eigenvalue weighted by molar-refractivity contribution is -0.175. The predicted octanol–water partition coefficient (Wildman–Crippen LogP) is 4.20. The van der Waals surface area contributed by atoms with Crippen LogP contribution in [-0.2, 0) is 14.5 Å². The lowest BCUT2D eigenvalue weighted by atomic mass is 10.0. The van der Waals surface area contributed by atoms with E-state index in [2.05, 4.69) is 0 Å². The van der Waals surface area contributed by atoms with Crippen LogP contribution < -0.4 is 0 Å². The molecule has 0 aliphatic carbocycles. The van der Waals surface area contributed by atoms with E-state index in [0.717, 1.165) is 23.5 Å². The summed E-state index contributed by atoms with van der Waals surface area (Å²) in [5.74, 6) is 0.263. The Morgan fingerprint density at radius 3 is 2.57 bits per heavy atom. The van der Waals surface area contributed by atoms with E-state index in [1.807, 2.05) is 0 Å². The summed E-state index contributed by atoms with van der Waals surface area (Å²) in [4.78, 5) is 10.0. The van der Waals surface area contributed by atoms with Gasteiger partial charge < -0.3 is 4.74 Å². The van der Waals surface area contributed by atoms with Crippen LogP contribution in [0.2, 0.25) is 0 Å². The number of hydrogen-bond acceptors (Lipinski definition) is 4. The first-order valence-electron chi connectivity index (χ1n) is 6.50. The van der Waals surface area contributed by atoms with Gasteiger partial charge in [-0.3, -0.25) is 4.79 Å². The van der Waals surface area contributed by atoms with E-state index < -0.39 is 22.3 Å². The van der Waals surface area contributed by atoms with Gasteiger partial charge in [0.25, 0.3) is 0 Å². The van der Waals surface area contributed by atoms with E-state index in [4.69, 9.17) is 4.74 Å². The molecule has 2 nitrogen and oxygen atoms in total. The van der Waals surface area contributed by atoms with Gasteiger partial charge in [-0.1, -0.05) is 37.3 Å². The van der Waals surface area contributed by atoms with Gasteiger partial charge in [-0.25, -0.2) is 0 Å². The van der Waals surface area contributed by atoms with Gasteiger partial charge in [-0.05, 0) is 0 Å². The first kappa shape index (κ1) is 16.5. The highest BCUT2D eigenvalue weighted by atomic mass is 32.2. The maximum Gasteiger partial charge on any atom is 0.405 e.